The van der Waals surface area contributed by atoms with Crippen LogP contribution >= 0.6 is 0 Å². The van der Waals surface area contributed by atoms with Crippen LogP contribution in [0.1, 0.15) is 56.8 Å². The molecule has 2 heterocycles. The zero-order chi connectivity index (χ0) is 19.2. The number of aliphatic hydroxyl groups excluding tert-OH is 2. The third-order valence-corrected chi connectivity index (χ3v) is 6.13. The van der Waals surface area contributed by atoms with Gasteiger partial charge in [-0.1, -0.05) is 32.1 Å². The van der Waals surface area contributed by atoms with E-state index >= 15 is 0 Å². The van der Waals surface area contributed by atoms with Crippen LogP contribution in [0, 0.1) is 5.92 Å². The lowest BCUT2D eigenvalue weighted by atomic mass is 9.77. The largest absolute Gasteiger partial charge is 0.507 e. The number of aliphatic hydroxyl groups is 2. The van der Waals surface area contributed by atoms with E-state index in [0.717, 1.165) is 19.3 Å². The van der Waals surface area contributed by atoms with Crippen LogP contribution in [0.4, 0.5) is 0 Å². The van der Waals surface area contributed by atoms with E-state index < -0.39 is 23.7 Å². The molecule has 0 radical (unpaired) electrons. The fourth-order valence-corrected chi connectivity index (χ4v) is 4.61. The van der Waals surface area contributed by atoms with Gasteiger partial charge < -0.3 is 24.5 Å². The van der Waals surface area contributed by atoms with E-state index in [1.807, 2.05) is 6.92 Å². The summed E-state index contributed by atoms with van der Waals surface area (Å²) in [6.45, 7) is 1.51. The molecule has 0 bridgehead atoms. The maximum absolute atomic E-state index is 12.3. The van der Waals surface area contributed by atoms with Crippen molar-refractivity contribution >= 4 is 11.0 Å². The second kappa shape index (κ2) is 6.84. The van der Waals surface area contributed by atoms with Crippen molar-refractivity contribution in [1.82, 2.24) is 0 Å². The lowest BCUT2D eigenvalue weighted by Gasteiger charge is -2.42. The van der Waals surface area contributed by atoms with E-state index in [1.54, 1.807) is 6.07 Å². The van der Waals surface area contributed by atoms with E-state index in [1.165, 1.54) is 25.3 Å². The van der Waals surface area contributed by atoms with Crippen LogP contribution in [0.3, 0.4) is 0 Å². The molecule has 2 aliphatic rings. The number of ether oxygens (including phenoxy) is 1. The van der Waals surface area contributed by atoms with Gasteiger partial charge in [-0.15, -0.1) is 0 Å². The Morgan fingerprint density at radius 2 is 1.96 bits per heavy atom. The summed E-state index contributed by atoms with van der Waals surface area (Å²) < 4.78 is 11.7. The van der Waals surface area contributed by atoms with Gasteiger partial charge in [-0.05, 0) is 19.3 Å². The van der Waals surface area contributed by atoms with Crippen molar-refractivity contribution in [1.29, 1.82) is 0 Å². The first kappa shape index (κ1) is 18.3. The van der Waals surface area contributed by atoms with Gasteiger partial charge in [0.05, 0.1) is 6.10 Å². The molecular formula is C21H26O6. The van der Waals surface area contributed by atoms with Gasteiger partial charge >= 0.3 is 0 Å². The Labute approximate surface area is 157 Å². The van der Waals surface area contributed by atoms with Gasteiger partial charge in [0, 0.05) is 24.1 Å². The van der Waals surface area contributed by atoms with E-state index in [2.05, 4.69) is 0 Å². The second-order valence-corrected chi connectivity index (χ2v) is 8.15. The van der Waals surface area contributed by atoms with Gasteiger partial charge in [-0.2, -0.15) is 0 Å². The average Bonchev–Trinajstić information content (AvgIpc) is 2.64. The third-order valence-electron chi connectivity index (χ3n) is 6.13. The van der Waals surface area contributed by atoms with Crippen LogP contribution in [0.15, 0.2) is 21.3 Å². The normalized spacial score (nSPS) is 26.0. The molecule has 1 fully saturated rings. The Kier molecular flexibility index (Phi) is 4.64. The van der Waals surface area contributed by atoms with Gasteiger partial charge in [0.15, 0.2) is 5.43 Å². The molecule has 4 rings (SSSR count). The van der Waals surface area contributed by atoms with Crippen LogP contribution in [-0.4, -0.2) is 27.0 Å². The fraction of sp³-hybridized carbons (Fsp3) is 0.571. The molecule has 0 spiro atoms. The minimum absolute atomic E-state index is 0.0534. The fourth-order valence-electron chi connectivity index (χ4n) is 4.61. The van der Waals surface area contributed by atoms with Gasteiger partial charge in [-0.25, -0.2) is 0 Å². The first-order chi connectivity index (χ1) is 12.9. The highest BCUT2D eigenvalue weighted by Gasteiger charge is 2.43. The number of aromatic hydroxyl groups is 1. The van der Waals surface area contributed by atoms with E-state index in [0.29, 0.717) is 17.2 Å². The van der Waals surface area contributed by atoms with Crippen LogP contribution in [-0.2, 0) is 13.0 Å². The Hall–Kier alpha value is -2.05. The number of fused-ring (bicyclic) bond motifs is 2. The summed E-state index contributed by atoms with van der Waals surface area (Å²) in [4.78, 5) is 12.3. The smallest absolute Gasteiger partial charge is 0.196 e. The molecule has 1 aromatic heterocycles. The van der Waals surface area contributed by atoms with Crippen LogP contribution in [0.2, 0.25) is 0 Å². The maximum Gasteiger partial charge on any atom is 0.196 e. The Morgan fingerprint density at radius 3 is 2.67 bits per heavy atom. The lowest BCUT2D eigenvalue weighted by Crippen LogP contribution is -2.50. The van der Waals surface area contributed by atoms with Crippen molar-refractivity contribution in [2.75, 3.05) is 0 Å². The van der Waals surface area contributed by atoms with Crippen molar-refractivity contribution in [3.05, 3.63) is 33.7 Å². The van der Waals surface area contributed by atoms with E-state index in [-0.39, 0.29) is 28.9 Å². The minimum atomic E-state index is -0.765. The highest BCUT2D eigenvalue weighted by molar-refractivity contribution is 5.87. The molecule has 6 nitrogen and oxygen atoms in total. The summed E-state index contributed by atoms with van der Waals surface area (Å²) in [5, 5.41) is 30.7. The van der Waals surface area contributed by atoms with Crippen molar-refractivity contribution in [2.24, 2.45) is 5.92 Å². The SMILES string of the molecule is C[C@@]1(CC2CCCCC2)Oc2cc3oc(CO)cc(=O)c3c(O)c2C[C@H]1O. The molecule has 1 saturated carbocycles. The van der Waals surface area contributed by atoms with Crippen molar-refractivity contribution in [3.8, 4) is 11.5 Å². The zero-order valence-corrected chi connectivity index (χ0v) is 15.5. The predicted octanol–water partition coefficient (Wildman–Crippen LogP) is 3.02. The van der Waals surface area contributed by atoms with Gasteiger partial charge in [0.2, 0.25) is 0 Å². The molecule has 1 aliphatic carbocycles. The summed E-state index contributed by atoms with van der Waals surface area (Å²) in [5.41, 5.74) is -0.561. The first-order valence-electron chi connectivity index (χ1n) is 9.71. The number of hydrogen-bond donors (Lipinski definition) is 3. The Balaban J connectivity index is 1.74. The van der Waals surface area contributed by atoms with Gasteiger partial charge in [0.1, 0.15) is 40.4 Å². The summed E-state index contributed by atoms with van der Waals surface area (Å²) >= 11 is 0. The summed E-state index contributed by atoms with van der Waals surface area (Å²) in [6.07, 6.45) is 6.22. The number of benzene rings is 1. The molecule has 0 amide bonds. The third kappa shape index (κ3) is 3.21. The van der Waals surface area contributed by atoms with Crippen LogP contribution in [0.5, 0.6) is 11.5 Å². The number of phenols is 1. The Morgan fingerprint density at radius 1 is 1.22 bits per heavy atom. The Bertz CT molecular complexity index is 911. The summed E-state index contributed by atoms with van der Waals surface area (Å²) in [5.74, 6) is 0.877. The second-order valence-electron chi connectivity index (χ2n) is 8.15. The predicted molar refractivity (Wildman–Crippen MR) is 100 cm³/mol. The van der Waals surface area contributed by atoms with Crippen LogP contribution < -0.4 is 10.2 Å². The molecule has 0 saturated heterocycles. The van der Waals surface area contributed by atoms with Crippen molar-refractivity contribution in [3.63, 3.8) is 0 Å². The number of phenolic OH excluding ortho intramolecular Hbond substituents is 1. The molecule has 27 heavy (non-hydrogen) atoms. The maximum atomic E-state index is 12.3. The number of rotatable bonds is 3. The first-order valence-corrected chi connectivity index (χ1v) is 9.71. The van der Waals surface area contributed by atoms with Gasteiger partial charge in [0.25, 0.3) is 0 Å². The topological polar surface area (TPSA) is 100 Å². The zero-order valence-electron chi connectivity index (χ0n) is 15.5. The molecule has 2 aromatic rings. The van der Waals surface area contributed by atoms with Crippen LogP contribution in [0.25, 0.3) is 11.0 Å². The molecule has 3 N–H and O–H groups in total. The van der Waals surface area contributed by atoms with Gasteiger partial charge in [-0.3, -0.25) is 4.79 Å². The number of hydrogen-bond acceptors (Lipinski definition) is 6. The molecule has 1 aliphatic heterocycles. The molecule has 0 unspecified atom stereocenters. The quantitative estimate of drug-likeness (QED) is 0.764. The summed E-state index contributed by atoms with van der Waals surface area (Å²) in [6, 6.07) is 2.76. The highest BCUT2D eigenvalue weighted by Crippen LogP contribution is 2.45. The van der Waals surface area contributed by atoms with Crippen molar-refractivity contribution < 1.29 is 24.5 Å². The van der Waals surface area contributed by atoms with E-state index in [9.17, 15) is 20.1 Å². The standard InChI is InChI=1S/C21H26O6/c1-21(10-12-5-3-2-4-6-12)18(24)8-14-16(27-21)9-17-19(20(14)25)15(23)7-13(11-22)26-17/h7,9,12,18,22,24-25H,2-6,8,10-11H2,1H3/t18-,21+/m1/s1. The molecule has 1 aromatic carbocycles. The molecule has 2 atom stereocenters. The lowest BCUT2D eigenvalue weighted by molar-refractivity contribution is -0.0711. The monoisotopic (exact) mass is 374 g/mol. The molecular weight excluding hydrogens is 348 g/mol. The highest BCUT2D eigenvalue weighted by atomic mass is 16.5. The van der Waals surface area contributed by atoms with Crippen molar-refractivity contribution in [2.45, 2.75) is 70.2 Å². The average molecular weight is 374 g/mol. The summed E-state index contributed by atoms with van der Waals surface area (Å²) in [7, 11) is 0. The van der Waals surface area contributed by atoms with E-state index in [4.69, 9.17) is 9.15 Å². The molecule has 146 valence electrons. The molecule has 6 heteroatoms. The minimum Gasteiger partial charge on any atom is -0.507 e.